The lowest BCUT2D eigenvalue weighted by molar-refractivity contribution is -0.153. The summed E-state index contributed by atoms with van der Waals surface area (Å²) in [7, 11) is 0. The minimum atomic E-state index is -1.13. The third-order valence-electron chi connectivity index (χ3n) is 8.61. The van der Waals surface area contributed by atoms with Crippen molar-refractivity contribution in [3.8, 4) is 0 Å². The van der Waals surface area contributed by atoms with Gasteiger partial charge in [0.15, 0.2) is 5.78 Å². The molecule has 4 aliphatic carbocycles. The molecule has 0 aromatic carbocycles. The van der Waals surface area contributed by atoms with Gasteiger partial charge >= 0.3 is 0 Å². The maximum atomic E-state index is 12.9. The van der Waals surface area contributed by atoms with Crippen LogP contribution >= 0.6 is 0 Å². The Hall–Kier alpha value is -1.04. The van der Waals surface area contributed by atoms with E-state index in [1.165, 1.54) is 0 Å². The van der Waals surface area contributed by atoms with Crippen LogP contribution in [0.1, 0.15) is 59.3 Å². The molecule has 4 aliphatic rings. The van der Waals surface area contributed by atoms with Gasteiger partial charge < -0.3 is 15.3 Å². The molecule has 0 saturated heterocycles. The normalized spacial score (nSPS) is 53.4. The summed E-state index contributed by atoms with van der Waals surface area (Å²) in [6, 6.07) is 0. The fraction of sp³-hybridized carbons (Fsp3) is 0.810. The van der Waals surface area contributed by atoms with E-state index in [4.69, 9.17) is 0 Å². The predicted molar refractivity (Wildman–Crippen MR) is 95.1 cm³/mol. The second-order valence-electron chi connectivity index (χ2n) is 9.71. The molecular weight excluding hydrogens is 332 g/mol. The largest absolute Gasteiger partial charge is 0.390 e. The number of Topliss-reactive ketones (excluding diaryl/α,β-unsaturated/α-hetero) is 1. The highest BCUT2D eigenvalue weighted by Crippen LogP contribution is 2.67. The number of fused-ring (bicyclic) bond motifs is 5. The Kier molecular flexibility index (Phi) is 3.87. The molecule has 3 saturated carbocycles. The minimum Gasteiger partial charge on any atom is -0.390 e. The molecule has 0 radical (unpaired) electrons. The molecule has 5 heteroatoms. The molecule has 0 aromatic rings. The fourth-order valence-corrected chi connectivity index (χ4v) is 7.02. The van der Waals surface area contributed by atoms with E-state index >= 15 is 0 Å². The molecule has 5 nitrogen and oxygen atoms in total. The Bertz CT molecular complexity index is 699. The van der Waals surface area contributed by atoms with Gasteiger partial charge in [0.2, 0.25) is 0 Å². The van der Waals surface area contributed by atoms with Crippen molar-refractivity contribution >= 4 is 11.6 Å². The quantitative estimate of drug-likeness (QED) is 0.661. The van der Waals surface area contributed by atoms with Crippen LogP contribution in [-0.4, -0.2) is 44.7 Å². The van der Waals surface area contributed by atoms with E-state index in [0.717, 1.165) is 18.4 Å². The van der Waals surface area contributed by atoms with Crippen molar-refractivity contribution in [1.29, 1.82) is 0 Å². The van der Waals surface area contributed by atoms with Gasteiger partial charge in [0.25, 0.3) is 0 Å². The minimum absolute atomic E-state index is 0.0103. The van der Waals surface area contributed by atoms with Crippen LogP contribution < -0.4 is 0 Å². The third-order valence-corrected chi connectivity index (χ3v) is 8.61. The second kappa shape index (κ2) is 5.49. The molecule has 0 amide bonds. The number of allylic oxidation sites excluding steroid dienone is 1. The number of rotatable bonds is 1. The molecule has 0 bridgehead atoms. The number of ketones is 2. The van der Waals surface area contributed by atoms with Gasteiger partial charge in [-0.05, 0) is 68.4 Å². The number of hydrogen-bond acceptors (Lipinski definition) is 5. The summed E-state index contributed by atoms with van der Waals surface area (Å²) in [4.78, 5) is 25.1. The number of carbonyl (C=O) groups is 2. The summed E-state index contributed by atoms with van der Waals surface area (Å²) in [6.45, 7) is 5.64. The summed E-state index contributed by atoms with van der Waals surface area (Å²) >= 11 is 0. The van der Waals surface area contributed by atoms with Crippen molar-refractivity contribution in [1.82, 2.24) is 0 Å². The predicted octanol–water partition coefficient (Wildman–Crippen LogP) is 1.78. The molecule has 0 unspecified atom stereocenters. The van der Waals surface area contributed by atoms with Gasteiger partial charge in [-0.3, -0.25) is 9.59 Å². The summed E-state index contributed by atoms with van der Waals surface area (Å²) in [6.07, 6.45) is 3.29. The Balaban J connectivity index is 1.80. The van der Waals surface area contributed by atoms with Gasteiger partial charge in [-0.2, -0.15) is 0 Å². The van der Waals surface area contributed by atoms with E-state index in [1.807, 2.05) is 13.8 Å². The van der Waals surface area contributed by atoms with Crippen molar-refractivity contribution in [3.63, 3.8) is 0 Å². The van der Waals surface area contributed by atoms with E-state index < -0.39 is 28.6 Å². The maximum absolute atomic E-state index is 12.9. The van der Waals surface area contributed by atoms with Crippen molar-refractivity contribution in [2.24, 2.45) is 28.6 Å². The number of aliphatic hydroxyl groups excluding tert-OH is 2. The van der Waals surface area contributed by atoms with Crippen LogP contribution in [0.4, 0.5) is 0 Å². The lowest BCUT2D eigenvalue weighted by Gasteiger charge is -2.59. The molecule has 26 heavy (non-hydrogen) atoms. The van der Waals surface area contributed by atoms with E-state index in [0.29, 0.717) is 19.3 Å². The smallest absolute Gasteiger partial charge is 0.159 e. The lowest BCUT2D eigenvalue weighted by Crippen LogP contribution is -2.60. The zero-order chi connectivity index (χ0) is 19.1. The Morgan fingerprint density at radius 2 is 1.81 bits per heavy atom. The van der Waals surface area contributed by atoms with Crippen LogP contribution in [0.15, 0.2) is 11.6 Å². The monoisotopic (exact) mass is 362 g/mol. The molecule has 4 rings (SSSR count). The topological polar surface area (TPSA) is 94.8 Å². The van der Waals surface area contributed by atoms with E-state index in [1.54, 1.807) is 13.0 Å². The first-order valence-electron chi connectivity index (χ1n) is 9.89. The molecule has 3 N–H and O–H groups in total. The summed E-state index contributed by atoms with van der Waals surface area (Å²) in [5, 5.41) is 32.1. The molecule has 0 heterocycles. The van der Waals surface area contributed by atoms with Gasteiger partial charge in [-0.1, -0.05) is 13.8 Å². The zero-order valence-electron chi connectivity index (χ0n) is 15.9. The third kappa shape index (κ3) is 2.08. The van der Waals surface area contributed by atoms with Gasteiger partial charge in [-0.25, -0.2) is 0 Å². The number of aliphatic hydroxyl groups is 3. The molecule has 144 valence electrons. The van der Waals surface area contributed by atoms with Gasteiger partial charge in [0.05, 0.1) is 17.8 Å². The standard InChI is InChI=1S/C21H30O5/c1-11(22)12-5-7-21(26)14-8-16(23)15-9-17(24)18(25)10-19(15,2)13(14)4-6-20(12,21)3/h8,12-13,15,17-18,24-26H,4-7,9-10H2,1-3H3/t12-,13+,15-,17-,18+,19+,20-,21+/m0/s1. The summed E-state index contributed by atoms with van der Waals surface area (Å²) in [5.41, 5.74) is -1.33. The van der Waals surface area contributed by atoms with Gasteiger partial charge in [0, 0.05) is 17.3 Å². The first-order valence-corrected chi connectivity index (χ1v) is 9.89. The number of hydrogen-bond donors (Lipinski definition) is 3. The molecule has 0 spiro atoms. The van der Waals surface area contributed by atoms with E-state index in [9.17, 15) is 24.9 Å². The SMILES string of the molecule is CC(=O)[C@@H]1CC[C@@]2(O)C3=CC(=O)[C@@H]4C[C@H](O)[C@H](O)C[C@]4(C)[C@@H]3CC[C@@]12C. The Morgan fingerprint density at radius 1 is 1.12 bits per heavy atom. The van der Waals surface area contributed by atoms with Crippen LogP contribution in [0.3, 0.4) is 0 Å². The highest BCUT2D eigenvalue weighted by molar-refractivity contribution is 5.95. The molecule has 3 fully saturated rings. The number of carbonyl (C=O) groups excluding carboxylic acids is 2. The van der Waals surface area contributed by atoms with Crippen molar-refractivity contribution in [3.05, 3.63) is 11.6 Å². The fourth-order valence-electron chi connectivity index (χ4n) is 7.02. The summed E-state index contributed by atoms with van der Waals surface area (Å²) in [5.74, 6) is -0.406. The van der Waals surface area contributed by atoms with E-state index in [2.05, 4.69) is 0 Å². The Labute approximate surface area is 154 Å². The van der Waals surface area contributed by atoms with Crippen LogP contribution in [0.5, 0.6) is 0 Å². The average Bonchev–Trinajstić information content (AvgIpc) is 2.83. The Morgan fingerprint density at radius 3 is 2.46 bits per heavy atom. The maximum Gasteiger partial charge on any atom is 0.159 e. The average molecular weight is 362 g/mol. The van der Waals surface area contributed by atoms with Gasteiger partial charge in [-0.15, -0.1) is 0 Å². The molecule has 8 atom stereocenters. The second-order valence-corrected chi connectivity index (χ2v) is 9.71. The van der Waals surface area contributed by atoms with Crippen molar-refractivity contribution in [2.45, 2.75) is 77.1 Å². The first-order chi connectivity index (χ1) is 12.0. The van der Waals surface area contributed by atoms with Crippen LogP contribution in [0.2, 0.25) is 0 Å². The zero-order valence-corrected chi connectivity index (χ0v) is 15.9. The molecular formula is C21H30O5. The first kappa shape index (κ1) is 18.3. The summed E-state index contributed by atoms with van der Waals surface area (Å²) < 4.78 is 0. The van der Waals surface area contributed by atoms with E-state index in [-0.39, 0.29) is 35.7 Å². The van der Waals surface area contributed by atoms with Crippen LogP contribution in [0.25, 0.3) is 0 Å². The molecule has 0 aromatic heterocycles. The highest BCUT2D eigenvalue weighted by atomic mass is 16.3. The van der Waals surface area contributed by atoms with Gasteiger partial charge in [0.1, 0.15) is 5.78 Å². The highest BCUT2D eigenvalue weighted by Gasteiger charge is 2.67. The van der Waals surface area contributed by atoms with Crippen molar-refractivity contribution < 1.29 is 24.9 Å². The van der Waals surface area contributed by atoms with Crippen molar-refractivity contribution in [2.75, 3.05) is 0 Å². The van der Waals surface area contributed by atoms with Crippen LogP contribution in [-0.2, 0) is 9.59 Å². The molecule has 0 aliphatic heterocycles. The van der Waals surface area contributed by atoms with Crippen LogP contribution in [0, 0.1) is 28.6 Å². The lowest BCUT2D eigenvalue weighted by atomic mass is 9.46.